The van der Waals surface area contributed by atoms with Crippen LogP contribution in [0.2, 0.25) is 0 Å². The molecule has 1 heterocycles. The standard InChI is InChI=1S/C14H19N3O/c1-4-5-10-7-11-8-12(18-3)6-9(2)13(11)16-14(10)17-15/h6-8H,4-5,15H2,1-3H3,(H,16,17). The Kier molecular flexibility index (Phi) is 3.67. The lowest BCUT2D eigenvalue weighted by atomic mass is 10.1. The van der Waals surface area contributed by atoms with E-state index in [1.165, 1.54) is 0 Å². The van der Waals surface area contributed by atoms with Crippen molar-refractivity contribution in [3.8, 4) is 5.75 Å². The second kappa shape index (κ2) is 5.23. The molecule has 3 N–H and O–H groups in total. The molecule has 0 aliphatic heterocycles. The summed E-state index contributed by atoms with van der Waals surface area (Å²) in [6.07, 6.45) is 2.02. The first-order valence-corrected chi connectivity index (χ1v) is 6.14. The van der Waals surface area contributed by atoms with Crippen LogP contribution in [0.15, 0.2) is 18.2 Å². The quantitative estimate of drug-likeness (QED) is 0.642. The van der Waals surface area contributed by atoms with Crippen molar-refractivity contribution in [3.63, 3.8) is 0 Å². The van der Waals surface area contributed by atoms with Gasteiger partial charge < -0.3 is 10.2 Å². The first-order chi connectivity index (χ1) is 8.69. The molecular weight excluding hydrogens is 226 g/mol. The summed E-state index contributed by atoms with van der Waals surface area (Å²) < 4.78 is 5.29. The number of aryl methyl sites for hydroxylation is 2. The van der Waals surface area contributed by atoms with Gasteiger partial charge in [0, 0.05) is 5.39 Å². The molecule has 0 saturated carbocycles. The average molecular weight is 245 g/mol. The number of nitrogens with two attached hydrogens (primary N) is 1. The summed E-state index contributed by atoms with van der Waals surface area (Å²) in [4.78, 5) is 4.60. The largest absolute Gasteiger partial charge is 0.497 e. The number of hydrazine groups is 1. The number of nitrogens with one attached hydrogen (secondary N) is 1. The van der Waals surface area contributed by atoms with Gasteiger partial charge in [-0.3, -0.25) is 0 Å². The lowest BCUT2D eigenvalue weighted by molar-refractivity contribution is 0.415. The van der Waals surface area contributed by atoms with E-state index in [0.717, 1.165) is 46.4 Å². The van der Waals surface area contributed by atoms with E-state index in [0.29, 0.717) is 0 Å². The lowest BCUT2D eigenvalue weighted by Gasteiger charge is -2.11. The van der Waals surface area contributed by atoms with Gasteiger partial charge in [0.05, 0.1) is 12.6 Å². The molecule has 18 heavy (non-hydrogen) atoms. The van der Waals surface area contributed by atoms with Gasteiger partial charge in [0.15, 0.2) is 0 Å². The fourth-order valence-corrected chi connectivity index (χ4v) is 2.18. The minimum Gasteiger partial charge on any atom is -0.497 e. The van der Waals surface area contributed by atoms with Crippen LogP contribution in [0.5, 0.6) is 5.75 Å². The Balaban J connectivity index is 2.66. The molecule has 0 fully saturated rings. The highest BCUT2D eigenvalue weighted by Gasteiger charge is 2.08. The van der Waals surface area contributed by atoms with Gasteiger partial charge in [0.1, 0.15) is 11.6 Å². The van der Waals surface area contributed by atoms with Gasteiger partial charge in [-0.15, -0.1) is 0 Å². The number of benzene rings is 1. The summed E-state index contributed by atoms with van der Waals surface area (Å²) in [5.41, 5.74) is 5.87. The van der Waals surface area contributed by atoms with Crippen LogP contribution >= 0.6 is 0 Å². The van der Waals surface area contributed by atoms with E-state index in [1.54, 1.807) is 7.11 Å². The maximum absolute atomic E-state index is 5.54. The van der Waals surface area contributed by atoms with Crippen molar-refractivity contribution < 1.29 is 4.74 Å². The van der Waals surface area contributed by atoms with Gasteiger partial charge in [-0.05, 0) is 42.7 Å². The predicted molar refractivity (Wildman–Crippen MR) is 74.8 cm³/mol. The van der Waals surface area contributed by atoms with Crippen LogP contribution in [0.1, 0.15) is 24.5 Å². The van der Waals surface area contributed by atoms with Crippen molar-refractivity contribution in [2.45, 2.75) is 26.7 Å². The molecule has 0 saturated heterocycles. The number of methoxy groups -OCH3 is 1. The van der Waals surface area contributed by atoms with E-state index in [9.17, 15) is 0 Å². The van der Waals surface area contributed by atoms with E-state index in [1.807, 2.05) is 19.1 Å². The molecule has 0 amide bonds. The fourth-order valence-electron chi connectivity index (χ4n) is 2.18. The molecule has 0 aliphatic rings. The number of hydrogen-bond acceptors (Lipinski definition) is 4. The van der Waals surface area contributed by atoms with Crippen LogP contribution in [0.25, 0.3) is 10.9 Å². The predicted octanol–water partition coefficient (Wildman–Crippen LogP) is 2.79. The number of rotatable bonds is 4. The van der Waals surface area contributed by atoms with Crippen LogP contribution in [0, 0.1) is 6.92 Å². The molecule has 0 radical (unpaired) electrons. The highest BCUT2D eigenvalue weighted by Crippen LogP contribution is 2.27. The third kappa shape index (κ3) is 2.24. The minimum atomic E-state index is 0.762. The van der Waals surface area contributed by atoms with E-state index in [4.69, 9.17) is 10.6 Å². The normalized spacial score (nSPS) is 10.7. The number of ether oxygens (including phenoxy) is 1. The molecule has 2 rings (SSSR count). The molecule has 1 aromatic carbocycles. The Morgan fingerprint density at radius 2 is 2.11 bits per heavy atom. The molecule has 0 aliphatic carbocycles. The topological polar surface area (TPSA) is 60.2 Å². The van der Waals surface area contributed by atoms with Crippen molar-refractivity contribution in [3.05, 3.63) is 29.3 Å². The second-order valence-electron chi connectivity index (χ2n) is 4.41. The maximum atomic E-state index is 5.54. The third-order valence-corrected chi connectivity index (χ3v) is 3.05. The number of aromatic nitrogens is 1. The monoisotopic (exact) mass is 245 g/mol. The third-order valence-electron chi connectivity index (χ3n) is 3.05. The van der Waals surface area contributed by atoms with Crippen LogP contribution in [0.3, 0.4) is 0 Å². The molecule has 1 aromatic heterocycles. The Morgan fingerprint density at radius 1 is 1.33 bits per heavy atom. The van der Waals surface area contributed by atoms with Gasteiger partial charge in [0.25, 0.3) is 0 Å². The molecule has 0 spiro atoms. The van der Waals surface area contributed by atoms with E-state index in [2.05, 4.69) is 23.4 Å². The van der Waals surface area contributed by atoms with Crippen molar-refractivity contribution in [1.29, 1.82) is 0 Å². The summed E-state index contributed by atoms with van der Waals surface area (Å²) in [5, 5.41) is 1.09. The maximum Gasteiger partial charge on any atom is 0.143 e. The van der Waals surface area contributed by atoms with Gasteiger partial charge in [-0.2, -0.15) is 0 Å². The summed E-state index contributed by atoms with van der Waals surface area (Å²) in [7, 11) is 1.68. The number of pyridine rings is 1. The summed E-state index contributed by atoms with van der Waals surface area (Å²) >= 11 is 0. The molecule has 4 heteroatoms. The molecule has 96 valence electrons. The molecule has 0 bridgehead atoms. The average Bonchev–Trinajstić information content (AvgIpc) is 2.38. The second-order valence-corrected chi connectivity index (χ2v) is 4.41. The molecule has 4 nitrogen and oxygen atoms in total. The van der Waals surface area contributed by atoms with Crippen LogP contribution in [-0.2, 0) is 6.42 Å². The molecular formula is C14H19N3O. The van der Waals surface area contributed by atoms with Crippen molar-refractivity contribution in [2.75, 3.05) is 12.5 Å². The molecule has 2 aromatic rings. The van der Waals surface area contributed by atoms with Gasteiger partial charge in [-0.25, -0.2) is 10.8 Å². The van der Waals surface area contributed by atoms with Crippen LogP contribution in [0.4, 0.5) is 5.82 Å². The zero-order valence-electron chi connectivity index (χ0n) is 11.1. The zero-order chi connectivity index (χ0) is 13.1. The van der Waals surface area contributed by atoms with Crippen LogP contribution < -0.4 is 16.0 Å². The van der Waals surface area contributed by atoms with Crippen molar-refractivity contribution in [1.82, 2.24) is 4.98 Å². The summed E-state index contributed by atoms with van der Waals surface area (Å²) in [6, 6.07) is 6.13. The summed E-state index contributed by atoms with van der Waals surface area (Å²) in [6.45, 7) is 4.17. The Hall–Kier alpha value is -1.81. The van der Waals surface area contributed by atoms with Crippen molar-refractivity contribution >= 4 is 16.7 Å². The Bertz CT molecular complexity index is 566. The first kappa shape index (κ1) is 12.6. The Morgan fingerprint density at radius 3 is 2.72 bits per heavy atom. The number of anilines is 1. The zero-order valence-corrected chi connectivity index (χ0v) is 11.1. The number of nitrogens with zero attached hydrogens (tertiary/aromatic N) is 1. The number of nitrogen functional groups attached to an aromatic ring is 1. The van der Waals surface area contributed by atoms with E-state index < -0.39 is 0 Å². The summed E-state index contributed by atoms with van der Waals surface area (Å²) in [5.74, 6) is 7.16. The first-order valence-electron chi connectivity index (χ1n) is 6.14. The number of hydrogen-bond donors (Lipinski definition) is 2. The van der Waals surface area contributed by atoms with E-state index in [-0.39, 0.29) is 0 Å². The molecule has 0 atom stereocenters. The highest BCUT2D eigenvalue weighted by molar-refractivity contribution is 5.86. The minimum absolute atomic E-state index is 0.762. The smallest absolute Gasteiger partial charge is 0.143 e. The highest BCUT2D eigenvalue weighted by atomic mass is 16.5. The van der Waals surface area contributed by atoms with E-state index >= 15 is 0 Å². The lowest BCUT2D eigenvalue weighted by Crippen LogP contribution is -2.11. The molecule has 0 unspecified atom stereocenters. The number of fused-ring (bicyclic) bond motifs is 1. The van der Waals surface area contributed by atoms with Gasteiger partial charge in [-0.1, -0.05) is 13.3 Å². The van der Waals surface area contributed by atoms with Gasteiger partial charge in [0.2, 0.25) is 0 Å². The van der Waals surface area contributed by atoms with Crippen LogP contribution in [-0.4, -0.2) is 12.1 Å². The Labute approximate surface area is 107 Å². The van der Waals surface area contributed by atoms with Crippen molar-refractivity contribution in [2.24, 2.45) is 5.84 Å². The SMILES string of the molecule is CCCc1cc2cc(OC)cc(C)c2nc1NN. The fraction of sp³-hybridized carbons (Fsp3) is 0.357. The van der Waals surface area contributed by atoms with Gasteiger partial charge >= 0.3 is 0 Å².